The normalized spacial score (nSPS) is 13.2. The SMILES string of the molecule is CC(O)OC(=O)c1cccc(S(=O)(=O)O)c1. The third-order valence-electron chi connectivity index (χ3n) is 1.65. The number of esters is 1. The molecule has 0 aliphatic carbocycles. The lowest BCUT2D eigenvalue weighted by atomic mass is 10.2. The third kappa shape index (κ3) is 3.30. The van der Waals surface area contributed by atoms with Gasteiger partial charge in [0.2, 0.25) is 0 Å². The molecule has 0 radical (unpaired) electrons. The van der Waals surface area contributed by atoms with E-state index in [-0.39, 0.29) is 5.56 Å². The molecule has 1 unspecified atom stereocenters. The number of hydrogen-bond donors (Lipinski definition) is 2. The van der Waals surface area contributed by atoms with Crippen LogP contribution in [0.1, 0.15) is 17.3 Å². The van der Waals surface area contributed by atoms with Crippen molar-refractivity contribution in [3.63, 3.8) is 0 Å². The molecular weight excluding hydrogens is 236 g/mol. The zero-order valence-electron chi connectivity index (χ0n) is 8.32. The summed E-state index contributed by atoms with van der Waals surface area (Å²) in [6.45, 7) is 1.24. The molecule has 0 aliphatic rings. The second-order valence-corrected chi connectivity index (χ2v) is 4.43. The summed E-state index contributed by atoms with van der Waals surface area (Å²) in [6.07, 6.45) is -1.29. The summed E-state index contributed by atoms with van der Waals surface area (Å²) in [5, 5.41) is 8.80. The van der Waals surface area contributed by atoms with Gasteiger partial charge in [0.25, 0.3) is 10.1 Å². The van der Waals surface area contributed by atoms with Crippen LogP contribution in [0.4, 0.5) is 0 Å². The molecule has 2 N–H and O–H groups in total. The Kier molecular flexibility index (Phi) is 3.63. The van der Waals surface area contributed by atoms with E-state index in [1.54, 1.807) is 0 Å². The van der Waals surface area contributed by atoms with E-state index < -0.39 is 27.3 Å². The Hall–Kier alpha value is -1.44. The van der Waals surface area contributed by atoms with E-state index in [0.29, 0.717) is 0 Å². The van der Waals surface area contributed by atoms with E-state index in [9.17, 15) is 13.2 Å². The first kappa shape index (κ1) is 12.6. The molecule has 0 aliphatic heterocycles. The van der Waals surface area contributed by atoms with Gasteiger partial charge < -0.3 is 9.84 Å². The number of aliphatic hydroxyl groups excluding tert-OH is 1. The number of hydrogen-bond acceptors (Lipinski definition) is 5. The van der Waals surface area contributed by atoms with E-state index in [2.05, 4.69) is 4.74 Å². The first-order valence-corrected chi connectivity index (χ1v) is 5.71. The van der Waals surface area contributed by atoms with Gasteiger partial charge in [-0.1, -0.05) is 6.07 Å². The minimum atomic E-state index is -4.36. The molecule has 88 valence electrons. The maximum Gasteiger partial charge on any atom is 0.340 e. The second-order valence-electron chi connectivity index (χ2n) is 3.01. The number of carbonyl (C=O) groups excluding carboxylic acids is 1. The molecule has 0 spiro atoms. The molecular formula is C9H10O6S. The summed E-state index contributed by atoms with van der Waals surface area (Å²) in [5.74, 6) is -0.875. The summed E-state index contributed by atoms with van der Waals surface area (Å²) < 4.78 is 34.8. The van der Waals surface area contributed by atoms with Gasteiger partial charge >= 0.3 is 5.97 Å². The average Bonchev–Trinajstić information content (AvgIpc) is 2.15. The fourth-order valence-corrected chi connectivity index (χ4v) is 1.53. The molecule has 16 heavy (non-hydrogen) atoms. The van der Waals surface area contributed by atoms with Crippen LogP contribution in [-0.2, 0) is 14.9 Å². The Labute approximate surface area is 92.2 Å². The Morgan fingerprint density at radius 3 is 2.56 bits per heavy atom. The number of benzene rings is 1. The van der Waals surface area contributed by atoms with Crippen molar-refractivity contribution in [2.24, 2.45) is 0 Å². The highest BCUT2D eigenvalue weighted by atomic mass is 32.2. The maximum atomic E-state index is 11.3. The van der Waals surface area contributed by atoms with E-state index in [1.807, 2.05) is 0 Å². The molecule has 1 aromatic carbocycles. The fraction of sp³-hybridized carbons (Fsp3) is 0.222. The highest BCUT2D eigenvalue weighted by molar-refractivity contribution is 7.85. The molecule has 0 heterocycles. The summed E-state index contributed by atoms with van der Waals surface area (Å²) in [4.78, 5) is 10.9. The highest BCUT2D eigenvalue weighted by Crippen LogP contribution is 2.12. The van der Waals surface area contributed by atoms with E-state index in [0.717, 1.165) is 12.1 Å². The number of rotatable bonds is 3. The third-order valence-corrected chi connectivity index (χ3v) is 2.49. The Morgan fingerprint density at radius 1 is 1.44 bits per heavy atom. The molecule has 0 saturated carbocycles. The van der Waals surface area contributed by atoms with Crippen molar-refractivity contribution in [1.82, 2.24) is 0 Å². The molecule has 0 fully saturated rings. The second kappa shape index (κ2) is 4.60. The molecule has 0 saturated heterocycles. The summed E-state index contributed by atoms with van der Waals surface area (Å²) in [7, 11) is -4.36. The van der Waals surface area contributed by atoms with Crippen molar-refractivity contribution < 1.29 is 27.6 Å². The molecule has 1 aromatic rings. The maximum absolute atomic E-state index is 11.3. The van der Waals surface area contributed by atoms with E-state index in [1.165, 1.54) is 19.1 Å². The van der Waals surface area contributed by atoms with Crippen molar-refractivity contribution in [3.8, 4) is 0 Å². The number of carbonyl (C=O) groups is 1. The van der Waals surface area contributed by atoms with E-state index >= 15 is 0 Å². The van der Waals surface area contributed by atoms with Crippen LogP contribution in [0.2, 0.25) is 0 Å². The largest absolute Gasteiger partial charge is 0.433 e. The Bertz CT molecular complexity index is 490. The first-order valence-electron chi connectivity index (χ1n) is 4.27. The lowest BCUT2D eigenvalue weighted by Gasteiger charge is -2.07. The van der Waals surface area contributed by atoms with Crippen molar-refractivity contribution in [2.75, 3.05) is 0 Å². The standard InChI is InChI=1S/C9H10O6S/c1-6(10)15-9(11)7-3-2-4-8(5-7)16(12,13)14/h2-6,10H,1H3,(H,12,13,14). The predicted octanol–water partition coefficient (Wildman–Crippen LogP) is 0.428. The van der Waals surface area contributed by atoms with Crippen LogP contribution in [0.25, 0.3) is 0 Å². The summed E-state index contributed by atoms with van der Waals surface area (Å²) in [5.41, 5.74) is -0.0731. The molecule has 0 bridgehead atoms. The van der Waals surface area contributed by atoms with Crippen molar-refractivity contribution >= 4 is 16.1 Å². The van der Waals surface area contributed by atoms with E-state index in [4.69, 9.17) is 9.66 Å². The lowest BCUT2D eigenvalue weighted by molar-refractivity contribution is -0.0523. The number of aliphatic hydroxyl groups is 1. The first-order chi connectivity index (χ1) is 7.30. The minimum Gasteiger partial charge on any atom is -0.433 e. The van der Waals surface area contributed by atoms with Crippen molar-refractivity contribution in [1.29, 1.82) is 0 Å². The quantitative estimate of drug-likeness (QED) is 0.455. The Balaban J connectivity index is 3.04. The zero-order chi connectivity index (χ0) is 12.3. The van der Waals surface area contributed by atoms with Crippen LogP contribution in [-0.4, -0.2) is 30.3 Å². The predicted molar refractivity (Wildman–Crippen MR) is 53.4 cm³/mol. The van der Waals surface area contributed by atoms with Crippen molar-refractivity contribution in [2.45, 2.75) is 18.1 Å². The zero-order valence-corrected chi connectivity index (χ0v) is 9.14. The van der Waals surface area contributed by atoms with Crippen LogP contribution in [0.5, 0.6) is 0 Å². The van der Waals surface area contributed by atoms with Crippen LogP contribution in [0.15, 0.2) is 29.2 Å². The molecule has 1 atom stereocenters. The molecule has 1 rings (SSSR count). The smallest absolute Gasteiger partial charge is 0.340 e. The molecule has 6 nitrogen and oxygen atoms in total. The summed E-state index contributed by atoms with van der Waals surface area (Å²) in [6, 6.07) is 4.68. The molecule has 7 heteroatoms. The van der Waals surface area contributed by atoms with Gasteiger partial charge in [-0.2, -0.15) is 8.42 Å². The van der Waals surface area contributed by atoms with Gasteiger partial charge in [-0.25, -0.2) is 4.79 Å². The van der Waals surface area contributed by atoms with Gasteiger partial charge in [0, 0.05) is 0 Å². The van der Waals surface area contributed by atoms with Crippen LogP contribution in [0.3, 0.4) is 0 Å². The minimum absolute atomic E-state index is 0.0731. The van der Waals surface area contributed by atoms with Gasteiger partial charge in [-0.3, -0.25) is 4.55 Å². The lowest BCUT2D eigenvalue weighted by Crippen LogP contribution is -2.14. The number of ether oxygens (including phenoxy) is 1. The Morgan fingerprint density at radius 2 is 2.06 bits per heavy atom. The van der Waals surface area contributed by atoms with Gasteiger partial charge in [-0.15, -0.1) is 0 Å². The van der Waals surface area contributed by atoms with Crippen LogP contribution >= 0.6 is 0 Å². The van der Waals surface area contributed by atoms with Gasteiger partial charge in [0.1, 0.15) is 0 Å². The van der Waals surface area contributed by atoms with Gasteiger partial charge in [-0.05, 0) is 25.1 Å². The topological polar surface area (TPSA) is 101 Å². The summed E-state index contributed by atoms with van der Waals surface area (Å²) >= 11 is 0. The van der Waals surface area contributed by atoms with Gasteiger partial charge in [0.05, 0.1) is 10.5 Å². The monoisotopic (exact) mass is 246 g/mol. The van der Waals surface area contributed by atoms with Crippen molar-refractivity contribution in [3.05, 3.63) is 29.8 Å². The van der Waals surface area contributed by atoms with Crippen LogP contribution < -0.4 is 0 Å². The van der Waals surface area contributed by atoms with Gasteiger partial charge in [0.15, 0.2) is 6.29 Å². The average molecular weight is 246 g/mol. The molecule has 0 amide bonds. The molecule has 0 aromatic heterocycles. The fourth-order valence-electron chi connectivity index (χ4n) is 1.01. The van der Waals surface area contributed by atoms with Crippen LogP contribution in [0, 0.1) is 0 Å². The highest BCUT2D eigenvalue weighted by Gasteiger charge is 2.14.